The lowest BCUT2D eigenvalue weighted by molar-refractivity contribution is -0.191. The lowest BCUT2D eigenvalue weighted by atomic mass is 9.96. The van der Waals surface area contributed by atoms with Gasteiger partial charge in [-0.25, -0.2) is 0 Å². The Bertz CT molecular complexity index is 415. The summed E-state index contributed by atoms with van der Waals surface area (Å²) in [5.41, 5.74) is -0.422. The molecule has 2 N–H and O–H groups in total. The van der Waals surface area contributed by atoms with Crippen molar-refractivity contribution < 1.29 is 18.3 Å². The largest absolute Gasteiger partial charge is 0.395 e. The quantitative estimate of drug-likeness (QED) is 0.808. The van der Waals surface area contributed by atoms with E-state index in [1.165, 1.54) is 0 Å². The van der Waals surface area contributed by atoms with Crippen LogP contribution in [0.2, 0.25) is 0 Å². The van der Waals surface area contributed by atoms with Crippen molar-refractivity contribution in [2.24, 2.45) is 5.41 Å². The summed E-state index contributed by atoms with van der Waals surface area (Å²) < 4.78 is 38.6. The fraction of sp³-hybridized carbons (Fsp3) is 0.600. The van der Waals surface area contributed by atoms with Crippen LogP contribution in [0.3, 0.4) is 0 Å². The average Bonchev–Trinajstić information content (AvgIpc) is 3.19. The fourth-order valence-corrected chi connectivity index (χ4v) is 2.49. The molecule has 0 radical (unpaired) electrons. The minimum Gasteiger partial charge on any atom is -0.395 e. The van der Waals surface area contributed by atoms with Gasteiger partial charge in [-0.1, -0.05) is 30.3 Å². The zero-order chi connectivity index (χ0) is 14.6. The maximum atomic E-state index is 12.9. The van der Waals surface area contributed by atoms with Crippen LogP contribution >= 0.6 is 0 Å². The average molecular weight is 287 g/mol. The first kappa shape index (κ1) is 15.3. The Morgan fingerprint density at radius 3 is 2.35 bits per heavy atom. The maximum absolute atomic E-state index is 12.9. The smallest absolute Gasteiger partial charge is 0.394 e. The maximum Gasteiger partial charge on any atom is 0.394 e. The number of aliphatic hydroxyl groups is 1. The van der Waals surface area contributed by atoms with Crippen LogP contribution in [0.25, 0.3) is 0 Å². The van der Waals surface area contributed by atoms with Gasteiger partial charge in [-0.05, 0) is 37.8 Å². The molecule has 0 heterocycles. The number of nitrogens with one attached hydrogen (secondary N) is 1. The molecule has 1 saturated carbocycles. The molecule has 0 aromatic heterocycles. The standard InChI is InChI=1S/C15H20F3NO/c16-15(17,18)14(7-8-14)10-13(11-20)19-9-6-12-4-2-1-3-5-12/h1-5,13,19-20H,6-11H2/t13-/m1/s1. The van der Waals surface area contributed by atoms with Crippen LogP contribution in [0.5, 0.6) is 0 Å². The lowest BCUT2D eigenvalue weighted by Gasteiger charge is -2.25. The third kappa shape index (κ3) is 3.73. The summed E-state index contributed by atoms with van der Waals surface area (Å²) in [5.74, 6) is 0. The van der Waals surface area contributed by atoms with Gasteiger partial charge in [0.2, 0.25) is 0 Å². The molecule has 20 heavy (non-hydrogen) atoms. The lowest BCUT2D eigenvalue weighted by Crippen LogP contribution is -2.39. The highest BCUT2D eigenvalue weighted by atomic mass is 19.4. The number of alkyl halides is 3. The molecule has 1 aromatic rings. The molecule has 2 rings (SSSR count). The molecule has 0 aliphatic heterocycles. The Balaban J connectivity index is 1.79. The van der Waals surface area contributed by atoms with E-state index in [2.05, 4.69) is 5.32 Å². The van der Waals surface area contributed by atoms with E-state index in [4.69, 9.17) is 0 Å². The van der Waals surface area contributed by atoms with Crippen molar-refractivity contribution in [2.75, 3.05) is 13.2 Å². The molecule has 1 aliphatic rings. The summed E-state index contributed by atoms with van der Waals surface area (Å²) in [6.07, 6.45) is -3.06. The Morgan fingerprint density at radius 2 is 1.85 bits per heavy atom. The topological polar surface area (TPSA) is 32.3 Å². The van der Waals surface area contributed by atoms with E-state index in [1.807, 2.05) is 30.3 Å². The van der Waals surface area contributed by atoms with Gasteiger partial charge in [0, 0.05) is 6.04 Å². The summed E-state index contributed by atoms with van der Waals surface area (Å²) in [6.45, 7) is 0.315. The van der Waals surface area contributed by atoms with Gasteiger partial charge in [0.05, 0.1) is 12.0 Å². The second-order valence-electron chi connectivity index (χ2n) is 5.55. The molecule has 1 aliphatic carbocycles. The Labute approximate surface area is 117 Å². The Kier molecular flexibility index (Phi) is 4.70. The van der Waals surface area contributed by atoms with E-state index in [9.17, 15) is 18.3 Å². The molecule has 112 valence electrons. The van der Waals surface area contributed by atoms with Crippen molar-refractivity contribution in [3.63, 3.8) is 0 Å². The normalized spacial score (nSPS) is 18.8. The number of hydrogen-bond acceptors (Lipinski definition) is 2. The summed E-state index contributed by atoms with van der Waals surface area (Å²) in [5, 5.41) is 12.3. The van der Waals surface area contributed by atoms with Crippen LogP contribution in [0.15, 0.2) is 30.3 Å². The SMILES string of the molecule is OC[C@@H](CC1(C(F)(F)F)CC1)NCCc1ccccc1. The van der Waals surface area contributed by atoms with E-state index < -0.39 is 17.6 Å². The van der Waals surface area contributed by atoms with Crippen molar-refractivity contribution in [1.82, 2.24) is 5.32 Å². The Morgan fingerprint density at radius 1 is 1.20 bits per heavy atom. The zero-order valence-electron chi connectivity index (χ0n) is 11.3. The molecule has 0 saturated heterocycles. The highest BCUT2D eigenvalue weighted by Crippen LogP contribution is 2.60. The molecule has 2 nitrogen and oxygen atoms in total. The van der Waals surface area contributed by atoms with Crippen molar-refractivity contribution in [3.8, 4) is 0 Å². The fourth-order valence-electron chi connectivity index (χ4n) is 2.49. The summed E-state index contributed by atoms with van der Waals surface area (Å²) in [4.78, 5) is 0. The van der Waals surface area contributed by atoms with E-state index >= 15 is 0 Å². The van der Waals surface area contributed by atoms with E-state index in [0.717, 1.165) is 12.0 Å². The molecule has 0 bridgehead atoms. The highest BCUT2D eigenvalue weighted by Gasteiger charge is 2.63. The molecule has 5 heteroatoms. The summed E-state index contributed by atoms with van der Waals surface area (Å²) in [6, 6.07) is 9.27. The van der Waals surface area contributed by atoms with Gasteiger partial charge >= 0.3 is 6.18 Å². The Hall–Kier alpha value is -1.07. The monoisotopic (exact) mass is 287 g/mol. The molecular weight excluding hydrogens is 267 g/mol. The van der Waals surface area contributed by atoms with Gasteiger partial charge in [-0.2, -0.15) is 13.2 Å². The van der Waals surface area contributed by atoms with Crippen LogP contribution in [-0.2, 0) is 6.42 Å². The van der Waals surface area contributed by atoms with Crippen LogP contribution in [-0.4, -0.2) is 30.5 Å². The first-order chi connectivity index (χ1) is 9.47. The minimum absolute atomic E-state index is 0.0260. The first-order valence-electron chi connectivity index (χ1n) is 6.92. The predicted octanol–water partition coefficient (Wildman–Crippen LogP) is 2.91. The highest BCUT2D eigenvalue weighted by molar-refractivity contribution is 5.14. The van der Waals surface area contributed by atoms with Gasteiger partial charge in [0.15, 0.2) is 0 Å². The second kappa shape index (κ2) is 6.14. The summed E-state index contributed by atoms with van der Waals surface area (Å²) in [7, 11) is 0. The van der Waals surface area contributed by atoms with Crippen molar-refractivity contribution >= 4 is 0 Å². The molecule has 1 aromatic carbocycles. The van der Waals surface area contributed by atoms with E-state index in [-0.39, 0.29) is 25.9 Å². The third-order valence-electron chi connectivity index (χ3n) is 4.00. The molecule has 0 spiro atoms. The van der Waals surface area contributed by atoms with Crippen molar-refractivity contribution in [2.45, 2.75) is 37.9 Å². The van der Waals surface area contributed by atoms with Crippen LogP contribution < -0.4 is 5.32 Å². The van der Waals surface area contributed by atoms with Crippen molar-refractivity contribution in [1.29, 1.82) is 0 Å². The van der Waals surface area contributed by atoms with Crippen LogP contribution in [0.1, 0.15) is 24.8 Å². The zero-order valence-corrected chi connectivity index (χ0v) is 11.3. The third-order valence-corrected chi connectivity index (χ3v) is 4.00. The van der Waals surface area contributed by atoms with Crippen molar-refractivity contribution in [3.05, 3.63) is 35.9 Å². The number of hydrogen-bond donors (Lipinski definition) is 2. The summed E-state index contributed by atoms with van der Waals surface area (Å²) >= 11 is 0. The van der Waals surface area contributed by atoms with Gasteiger partial charge in [-0.3, -0.25) is 0 Å². The second-order valence-corrected chi connectivity index (χ2v) is 5.55. The van der Waals surface area contributed by atoms with Crippen LogP contribution in [0.4, 0.5) is 13.2 Å². The molecule has 1 atom stereocenters. The predicted molar refractivity (Wildman–Crippen MR) is 71.4 cm³/mol. The van der Waals surface area contributed by atoms with Gasteiger partial charge in [0.1, 0.15) is 0 Å². The van der Waals surface area contributed by atoms with Crippen LogP contribution in [0, 0.1) is 5.41 Å². The minimum atomic E-state index is -4.15. The first-order valence-corrected chi connectivity index (χ1v) is 6.92. The molecule has 1 fully saturated rings. The number of halogens is 3. The number of aliphatic hydroxyl groups excluding tert-OH is 1. The number of rotatable bonds is 7. The van der Waals surface area contributed by atoms with Gasteiger partial charge < -0.3 is 10.4 Å². The molecule has 0 amide bonds. The van der Waals surface area contributed by atoms with Gasteiger partial charge in [0.25, 0.3) is 0 Å². The van der Waals surface area contributed by atoms with E-state index in [1.54, 1.807) is 0 Å². The molecular formula is C15H20F3NO. The molecule has 0 unspecified atom stereocenters. The van der Waals surface area contributed by atoms with E-state index in [0.29, 0.717) is 6.54 Å². The van der Waals surface area contributed by atoms with Gasteiger partial charge in [-0.15, -0.1) is 0 Å². The number of benzene rings is 1.